The molecule has 0 spiro atoms. The molecular weight excluding hydrogens is 841 g/mol. The number of aliphatic hydroxyl groups excluding tert-OH is 1. The van der Waals surface area contributed by atoms with E-state index in [1.807, 2.05) is 0 Å². The lowest BCUT2D eigenvalue weighted by Crippen LogP contribution is -2.78. The molecule has 4 N–H and O–H groups in total. The minimum Gasteiger partial charge on any atom is -0.458 e. The standard InChI is InChI=1S/C49H64N2O14/c1-27-33(61-43(57)38(62-35(54)25-50-9)37(29-17-13-11-14-18-29)51-44(58)65-45(3,4)5)24-49(59)41(63-42(56)30-19-15-12-16-20-30)39-47(8,40(55)32(26-52)36(27)46(49,6)7)34(60-10)23-31-21-22-48(31,39)64-28(2)53/h11-20,31-34,37-39,41,50,52,59H,21-26H2,1-10H3,(H,51,58)/t31-,32-,33+,34+,37+,38-,39+,41+,47-,48+,49-/m1/s1. The van der Waals surface area contributed by atoms with E-state index in [9.17, 15) is 34.2 Å². The van der Waals surface area contributed by atoms with Gasteiger partial charge in [-0.15, -0.1) is 0 Å². The lowest BCUT2D eigenvalue weighted by Gasteiger charge is -2.68. The molecule has 2 aromatic rings. The lowest BCUT2D eigenvalue weighted by atomic mass is 9.40. The first kappa shape index (κ1) is 49.3. The van der Waals surface area contributed by atoms with Gasteiger partial charge in [-0.3, -0.25) is 14.4 Å². The SMILES string of the molecule is CNCC(=O)O[C@@H](C(=O)O[C@H]1C[C@@]2(O)[C@@H](OC(=O)c3ccccc3)[C@@H]3[C@]4(OC(C)=O)CC[C@@H]4C[C@H](OC)[C@@]3(C)C(=O)[C@H](CO)C(=C1C)C2(C)C)[C@@H](NC(=O)OC(C)(C)C)c1ccccc1. The van der Waals surface area contributed by atoms with Crippen LogP contribution in [0.25, 0.3) is 0 Å². The minimum absolute atomic E-state index is 0.143. The largest absolute Gasteiger partial charge is 0.458 e. The van der Waals surface area contributed by atoms with Crippen molar-refractivity contribution in [3.05, 3.63) is 82.9 Å². The van der Waals surface area contributed by atoms with Crippen LogP contribution in [0.4, 0.5) is 4.79 Å². The fourth-order valence-electron chi connectivity index (χ4n) is 11.3. The monoisotopic (exact) mass is 904 g/mol. The summed E-state index contributed by atoms with van der Waals surface area (Å²) < 4.78 is 36.7. The predicted octanol–water partition coefficient (Wildman–Crippen LogP) is 4.94. The number of carbonyl (C=O) groups is 6. The molecule has 65 heavy (non-hydrogen) atoms. The summed E-state index contributed by atoms with van der Waals surface area (Å²) in [5.41, 5.74) is -6.72. The topological polar surface area (TPSA) is 222 Å². The Kier molecular flexibility index (Phi) is 14.1. The van der Waals surface area contributed by atoms with Crippen LogP contribution in [0.5, 0.6) is 0 Å². The van der Waals surface area contributed by atoms with Gasteiger partial charge >= 0.3 is 30.0 Å². The first-order chi connectivity index (χ1) is 30.5. The van der Waals surface area contributed by atoms with Gasteiger partial charge in [0.25, 0.3) is 0 Å². The summed E-state index contributed by atoms with van der Waals surface area (Å²) in [6.45, 7) is 11.8. The van der Waals surface area contributed by atoms with Crippen molar-refractivity contribution in [1.82, 2.24) is 10.6 Å². The van der Waals surface area contributed by atoms with Crippen molar-refractivity contribution < 1.29 is 67.4 Å². The Hall–Kier alpha value is -5.16. The summed E-state index contributed by atoms with van der Waals surface area (Å²) >= 11 is 0. The molecule has 0 radical (unpaired) electrons. The fourth-order valence-corrected chi connectivity index (χ4v) is 11.3. The van der Waals surface area contributed by atoms with Crippen LogP contribution in [0.3, 0.4) is 0 Å². The van der Waals surface area contributed by atoms with Crippen LogP contribution in [-0.4, -0.2) is 114 Å². The number of hydrogen-bond acceptors (Lipinski definition) is 15. The maximum Gasteiger partial charge on any atom is 0.408 e. The fraction of sp³-hybridized carbons (Fsp3) is 0.592. The molecule has 2 aromatic carbocycles. The third kappa shape index (κ3) is 8.94. The number of Topliss-reactive ketones (excluding diaryl/α,β-unsaturated/α-hetero) is 1. The van der Waals surface area contributed by atoms with Gasteiger partial charge in [-0.1, -0.05) is 62.4 Å². The number of fused-ring (bicyclic) bond motifs is 5. The summed E-state index contributed by atoms with van der Waals surface area (Å²) in [6, 6.07) is 15.1. The van der Waals surface area contributed by atoms with Gasteiger partial charge < -0.3 is 49.3 Å². The Morgan fingerprint density at radius 2 is 1.58 bits per heavy atom. The molecule has 6 rings (SSSR count). The van der Waals surface area contributed by atoms with Crippen LogP contribution in [-0.2, 0) is 47.6 Å². The number of likely N-dealkylation sites (N-methyl/N-ethyl adjacent to an activating group) is 1. The van der Waals surface area contributed by atoms with E-state index in [4.69, 9.17) is 28.4 Å². The number of methoxy groups -OCH3 is 1. The van der Waals surface area contributed by atoms with Crippen molar-refractivity contribution >= 4 is 35.8 Å². The first-order valence-electron chi connectivity index (χ1n) is 22.2. The number of esters is 4. The Morgan fingerprint density at radius 1 is 0.954 bits per heavy atom. The number of nitrogens with one attached hydrogen (secondary N) is 2. The molecule has 1 amide bonds. The average molecular weight is 905 g/mol. The molecule has 3 saturated carbocycles. The van der Waals surface area contributed by atoms with Gasteiger partial charge in [-0.05, 0) is 89.8 Å². The highest BCUT2D eigenvalue weighted by atomic mass is 16.6. The molecule has 0 saturated heterocycles. The molecule has 0 heterocycles. The van der Waals surface area contributed by atoms with E-state index >= 15 is 4.79 Å². The number of aliphatic hydroxyl groups is 2. The third-order valence-electron chi connectivity index (χ3n) is 14.3. The Bertz CT molecular complexity index is 2170. The molecular formula is C49H64N2O14. The average Bonchev–Trinajstić information content (AvgIpc) is 3.23. The second-order valence-corrected chi connectivity index (χ2v) is 19.5. The number of hydrogen-bond donors (Lipinski definition) is 4. The van der Waals surface area contributed by atoms with E-state index in [1.165, 1.54) is 21.1 Å². The number of alkyl carbamates (subject to hydrolysis) is 1. The van der Waals surface area contributed by atoms with Crippen molar-refractivity contribution in [3.63, 3.8) is 0 Å². The van der Waals surface area contributed by atoms with Crippen LogP contribution >= 0.6 is 0 Å². The smallest absolute Gasteiger partial charge is 0.408 e. The molecule has 3 fully saturated rings. The number of benzene rings is 2. The lowest BCUT2D eigenvalue weighted by molar-refractivity contribution is -0.297. The van der Waals surface area contributed by atoms with Crippen LogP contribution in [0, 0.1) is 28.6 Å². The number of rotatable bonds is 13. The van der Waals surface area contributed by atoms with Gasteiger partial charge in [-0.2, -0.15) is 0 Å². The highest BCUT2D eigenvalue weighted by Gasteiger charge is 2.77. The summed E-state index contributed by atoms with van der Waals surface area (Å²) in [7, 11) is 2.98. The second kappa shape index (κ2) is 18.6. The van der Waals surface area contributed by atoms with Crippen molar-refractivity contribution in [2.24, 2.45) is 28.6 Å². The summed E-state index contributed by atoms with van der Waals surface area (Å²) in [4.78, 5) is 84.9. The number of amides is 1. The van der Waals surface area contributed by atoms with Crippen molar-refractivity contribution in [3.8, 4) is 0 Å². The van der Waals surface area contributed by atoms with Crippen LogP contribution < -0.4 is 10.6 Å². The highest BCUT2D eigenvalue weighted by Crippen LogP contribution is 2.68. The zero-order valence-corrected chi connectivity index (χ0v) is 38.9. The molecule has 16 nitrogen and oxygen atoms in total. The van der Waals surface area contributed by atoms with Crippen LogP contribution in [0.1, 0.15) is 103 Å². The number of ketones is 1. The molecule has 0 unspecified atom stereocenters. The molecule has 4 aliphatic carbocycles. The molecule has 0 aliphatic heterocycles. The van der Waals surface area contributed by atoms with Gasteiger partial charge in [0.05, 0.1) is 42.1 Å². The summed E-state index contributed by atoms with van der Waals surface area (Å²) in [5.74, 6) is -6.91. The maximum absolute atomic E-state index is 15.7. The zero-order valence-electron chi connectivity index (χ0n) is 38.9. The number of ether oxygens (including phenoxy) is 6. The van der Waals surface area contributed by atoms with E-state index in [0.717, 1.165) is 0 Å². The van der Waals surface area contributed by atoms with Crippen LogP contribution in [0.15, 0.2) is 71.8 Å². The van der Waals surface area contributed by atoms with E-state index in [2.05, 4.69) is 10.6 Å². The molecule has 16 heteroatoms. The van der Waals surface area contributed by atoms with E-state index in [1.54, 1.807) is 109 Å². The van der Waals surface area contributed by atoms with E-state index in [0.29, 0.717) is 24.0 Å². The Balaban J connectivity index is 1.56. The first-order valence-corrected chi connectivity index (χ1v) is 22.2. The van der Waals surface area contributed by atoms with E-state index < -0.39 is 119 Å². The predicted molar refractivity (Wildman–Crippen MR) is 234 cm³/mol. The van der Waals surface area contributed by atoms with E-state index in [-0.39, 0.29) is 30.0 Å². The normalized spacial score (nSPS) is 31.2. The molecule has 0 aromatic heterocycles. The minimum atomic E-state index is -2.24. The van der Waals surface area contributed by atoms with Crippen molar-refractivity contribution in [1.29, 1.82) is 0 Å². The van der Waals surface area contributed by atoms with Gasteiger partial charge in [-0.25, -0.2) is 14.4 Å². The van der Waals surface area contributed by atoms with Gasteiger partial charge in [0.2, 0.25) is 6.10 Å². The number of carbonyl (C=O) groups excluding carboxylic acids is 6. The molecule has 354 valence electrons. The second-order valence-electron chi connectivity index (χ2n) is 19.5. The zero-order chi connectivity index (χ0) is 47.9. The van der Waals surface area contributed by atoms with Crippen molar-refractivity contribution in [2.75, 3.05) is 27.3 Å². The summed E-state index contributed by atoms with van der Waals surface area (Å²) in [5, 5.41) is 30.7. The van der Waals surface area contributed by atoms with Gasteiger partial charge in [0.1, 0.15) is 35.1 Å². The van der Waals surface area contributed by atoms with Gasteiger partial charge in [0, 0.05) is 31.8 Å². The molecule has 4 aliphatic rings. The third-order valence-corrected chi connectivity index (χ3v) is 14.3. The highest BCUT2D eigenvalue weighted by molar-refractivity contribution is 5.93. The molecule has 11 atom stereocenters. The molecule has 2 bridgehead atoms. The van der Waals surface area contributed by atoms with Crippen LogP contribution in [0.2, 0.25) is 0 Å². The summed E-state index contributed by atoms with van der Waals surface area (Å²) in [6.07, 6.45) is -5.94. The quantitative estimate of drug-likeness (QED) is 0.119. The van der Waals surface area contributed by atoms with Gasteiger partial charge in [0.15, 0.2) is 5.78 Å². The Labute approximate surface area is 380 Å². The Morgan fingerprint density at radius 3 is 2.12 bits per heavy atom. The van der Waals surface area contributed by atoms with Crippen molar-refractivity contribution in [2.45, 2.75) is 128 Å². The maximum atomic E-state index is 15.7.